The molecule has 7 heteroatoms. The molecule has 1 aliphatic rings. The number of fused-ring (bicyclic) bond motifs is 3. The number of nitrogens with one attached hydrogen (secondary N) is 2. The summed E-state index contributed by atoms with van der Waals surface area (Å²) in [6.45, 7) is 4.55. The Morgan fingerprint density at radius 2 is 1.60 bits per heavy atom. The number of hydrogen-bond acceptors (Lipinski definition) is 4. The monoisotopic (exact) mass is 480 g/mol. The fraction of sp³-hybridized carbons (Fsp3) is 0.464. The SMILES string of the molecule is CCCCC(CC(=O)O)NC(=O)CC(CC)CNC(=O)OCC1c2ccccc2-c2ccccc21. The lowest BCUT2D eigenvalue weighted by atomic mass is 9.98. The standard InChI is InChI=1S/C28H36N2O5/c1-3-5-10-20(16-27(32)33)30-26(31)15-19(4-2)17-29-28(34)35-18-25-23-13-8-6-11-21(23)22-12-7-9-14-24(22)25/h6-9,11-14,19-20,25H,3-5,10,15-18H2,1-2H3,(H,29,34)(H,30,31)(H,32,33). The van der Waals surface area contributed by atoms with E-state index in [1.807, 2.05) is 38.1 Å². The maximum absolute atomic E-state index is 12.5. The lowest BCUT2D eigenvalue weighted by Gasteiger charge is -2.20. The number of carbonyl (C=O) groups excluding carboxylic acids is 2. The number of hydrogen-bond donors (Lipinski definition) is 3. The number of amides is 2. The first kappa shape index (κ1) is 26.3. The molecule has 3 N–H and O–H groups in total. The first-order valence-electron chi connectivity index (χ1n) is 12.5. The highest BCUT2D eigenvalue weighted by Gasteiger charge is 2.29. The van der Waals surface area contributed by atoms with Gasteiger partial charge in [-0.3, -0.25) is 9.59 Å². The van der Waals surface area contributed by atoms with Gasteiger partial charge in [-0.1, -0.05) is 81.6 Å². The molecule has 0 aromatic heterocycles. The summed E-state index contributed by atoms with van der Waals surface area (Å²) in [4.78, 5) is 36.0. The van der Waals surface area contributed by atoms with Crippen molar-refractivity contribution in [3.63, 3.8) is 0 Å². The molecule has 2 atom stereocenters. The van der Waals surface area contributed by atoms with Gasteiger partial charge in [0.25, 0.3) is 0 Å². The van der Waals surface area contributed by atoms with Crippen molar-refractivity contribution in [2.75, 3.05) is 13.2 Å². The van der Waals surface area contributed by atoms with E-state index in [4.69, 9.17) is 9.84 Å². The van der Waals surface area contributed by atoms with Crippen molar-refractivity contribution in [2.24, 2.45) is 5.92 Å². The lowest BCUT2D eigenvalue weighted by Crippen LogP contribution is -2.39. The fourth-order valence-electron chi connectivity index (χ4n) is 4.67. The van der Waals surface area contributed by atoms with Crippen molar-refractivity contribution >= 4 is 18.0 Å². The third-order valence-electron chi connectivity index (χ3n) is 6.62. The van der Waals surface area contributed by atoms with Crippen LogP contribution >= 0.6 is 0 Å². The van der Waals surface area contributed by atoms with E-state index in [9.17, 15) is 14.4 Å². The summed E-state index contributed by atoms with van der Waals surface area (Å²) in [7, 11) is 0. The average molecular weight is 481 g/mol. The molecule has 1 aliphatic carbocycles. The van der Waals surface area contributed by atoms with Crippen molar-refractivity contribution in [1.82, 2.24) is 10.6 Å². The molecule has 2 amide bonds. The Labute approximate surface area is 207 Å². The largest absolute Gasteiger partial charge is 0.481 e. The van der Waals surface area contributed by atoms with Gasteiger partial charge >= 0.3 is 12.1 Å². The minimum Gasteiger partial charge on any atom is -0.481 e. The first-order valence-corrected chi connectivity index (χ1v) is 12.5. The zero-order valence-electron chi connectivity index (χ0n) is 20.6. The summed E-state index contributed by atoms with van der Waals surface area (Å²) in [5.41, 5.74) is 4.66. The Morgan fingerprint density at radius 1 is 0.971 bits per heavy atom. The molecule has 2 aromatic carbocycles. The van der Waals surface area contributed by atoms with Gasteiger partial charge in [0.2, 0.25) is 5.91 Å². The van der Waals surface area contributed by atoms with E-state index in [-0.39, 0.29) is 43.2 Å². The Hall–Kier alpha value is -3.35. The van der Waals surface area contributed by atoms with E-state index >= 15 is 0 Å². The smallest absolute Gasteiger partial charge is 0.407 e. The van der Waals surface area contributed by atoms with E-state index < -0.39 is 12.1 Å². The highest BCUT2D eigenvalue weighted by Crippen LogP contribution is 2.44. The van der Waals surface area contributed by atoms with E-state index in [1.165, 1.54) is 11.1 Å². The minimum atomic E-state index is -0.921. The van der Waals surface area contributed by atoms with E-state index in [2.05, 4.69) is 34.9 Å². The van der Waals surface area contributed by atoms with E-state index in [1.54, 1.807) is 0 Å². The van der Waals surface area contributed by atoms with Crippen LogP contribution in [0.4, 0.5) is 4.79 Å². The minimum absolute atomic E-state index is 0.00445. The first-order chi connectivity index (χ1) is 16.9. The number of unbranched alkanes of at least 4 members (excludes halogenated alkanes) is 1. The molecule has 2 unspecified atom stereocenters. The zero-order chi connectivity index (χ0) is 25.2. The Morgan fingerprint density at radius 3 is 2.17 bits per heavy atom. The van der Waals surface area contributed by atoms with Gasteiger partial charge in [-0.05, 0) is 34.6 Å². The van der Waals surface area contributed by atoms with Crippen LogP contribution in [-0.4, -0.2) is 42.3 Å². The van der Waals surface area contributed by atoms with Crippen LogP contribution in [0.2, 0.25) is 0 Å². The number of alkyl carbamates (subject to hydrolysis) is 1. The van der Waals surface area contributed by atoms with Gasteiger partial charge in [-0.25, -0.2) is 4.79 Å². The number of carboxylic acids is 1. The second kappa shape index (κ2) is 12.9. The summed E-state index contributed by atoms with van der Waals surface area (Å²) < 4.78 is 5.58. The predicted octanol–water partition coefficient (Wildman–Crippen LogP) is 5.09. The van der Waals surface area contributed by atoms with Crippen LogP contribution in [0.15, 0.2) is 48.5 Å². The Bertz CT molecular complexity index is 976. The third-order valence-corrected chi connectivity index (χ3v) is 6.62. The molecular weight excluding hydrogens is 444 g/mol. The Balaban J connectivity index is 1.48. The van der Waals surface area contributed by atoms with Crippen LogP contribution in [0.25, 0.3) is 11.1 Å². The summed E-state index contributed by atoms with van der Waals surface area (Å²) in [6, 6.07) is 16.0. The molecule has 188 valence electrons. The molecule has 2 aromatic rings. The van der Waals surface area contributed by atoms with Crippen molar-refractivity contribution < 1.29 is 24.2 Å². The van der Waals surface area contributed by atoms with Gasteiger partial charge in [0.05, 0.1) is 6.42 Å². The number of carboxylic acid groups (broad SMARTS) is 1. The van der Waals surface area contributed by atoms with Crippen LogP contribution < -0.4 is 10.6 Å². The third kappa shape index (κ3) is 7.31. The quantitative estimate of drug-likeness (QED) is 0.370. The van der Waals surface area contributed by atoms with E-state index in [0.717, 1.165) is 24.0 Å². The molecule has 0 saturated carbocycles. The summed E-state index contributed by atoms with van der Waals surface area (Å²) in [5.74, 6) is -1.17. The molecule has 0 saturated heterocycles. The van der Waals surface area contributed by atoms with Gasteiger partial charge in [0.1, 0.15) is 6.61 Å². The van der Waals surface area contributed by atoms with Crippen LogP contribution in [0.1, 0.15) is 69.4 Å². The molecule has 0 heterocycles. The molecule has 35 heavy (non-hydrogen) atoms. The number of carbonyl (C=O) groups is 3. The lowest BCUT2D eigenvalue weighted by molar-refractivity contribution is -0.137. The maximum atomic E-state index is 12.5. The van der Waals surface area contributed by atoms with Crippen LogP contribution in [0.5, 0.6) is 0 Å². The second-order valence-corrected chi connectivity index (χ2v) is 9.19. The van der Waals surface area contributed by atoms with E-state index in [0.29, 0.717) is 19.4 Å². The highest BCUT2D eigenvalue weighted by molar-refractivity contribution is 5.79. The molecule has 3 rings (SSSR count). The van der Waals surface area contributed by atoms with Crippen LogP contribution in [0, 0.1) is 5.92 Å². The molecule has 0 aliphatic heterocycles. The molecule has 0 bridgehead atoms. The molecule has 0 fully saturated rings. The normalized spacial score (nSPS) is 13.9. The van der Waals surface area contributed by atoms with Gasteiger partial charge in [0.15, 0.2) is 0 Å². The second-order valence-electron chi connectivity index (χ2n) is 9.19. The van der Waals surface area contributed by atoms with Crippen molar-refractivity contribution in [3.8, 4) is 11.1 Å². The maximum Gasteiger partial charge on any atom is 0.407 e. The number of benzene rings is 2. The summed E-state index contributed by atoms with van der Waals surface area (Å²) in [5, 5.41) is 14.7. The van der Waals surface area contributed by atoms with Crippen LogP contribution in [0.3, 0.4) is 0 Å². The molecular formula is C28H36N2O5. The van der Waals surface area contributed by atoms with Gasteiger partial charge < -0.3 is 20.5 Å². The average Bonchev–Trinajstić information content (AvgIpc) is 3.17. The number of aliphatic carboxylic acids is 1. The summed E-state index contributed by atoms with van der Waals surface area (Å²) in [6.07, 6.45) is 2.78. The molecule has 0 radical (unpaired) electrons. The number of ether oxygens (including phenoxy) is 1. The predicted molar refractivity (Wildman–Crippen MR) is 135 cm³/mol. The van der Waals surface area contributed by atoms with Gasteiger partial charge in [-0.2, -0.15) is 0 Å². The van der Waals surface area contributed by atoms with Crippen molar-refractivity contribution in [2.45, 2.75) is 64.3 Å². The van der Waals surface area contributed by atoms with Gasteiger partial charge in [-0.15, -0.1) is 0 Å². The molecule has 7 nitrogen and oxygen atoms in total. The van der Waals surface area contributed by atoms with Crippen molar-refractivity contribution in [3.05, 3.63) is 59.7 Å². The zero-order valence-corrected chi connectivity index (χ0v) is 20.6. The van der Waals surface area contributed by atoms with Crippen molar-refractivity contribution in [1.29, 1.82) is 0 Å². The van der Waals surface area contributed by atoms with Gasteiger partial charge in [0, 0.05) is 24.9 Å². The van der Waals surface area contributed by atoms with Crippen LogP contribution in [-0.2, 0) is 14.3 Å². The number of rotatable bonds is 13. The topological polar surface area (TPSA) is 105 Å². The Kier molecular flexibility index (Phi) is 9.70. The highest BCUT2D eigenvalue weighted by atomic mass is 16.5. The molecule has 0 spiro atoms. The summed E-state index contributed by atoms with van der Waals surface area (Å²) >= 11 is 0. The fourth-order valence-corrected chi connectivity index (χ4v) is 4.67.